The lowest BCUT2D eigenvalue weighted by Gasteiger charge is -2.38. The van der Waals surface area contributed by atoms with Gasteiger partial charge in [0.25, 0.3) is 15.9 Å². The Morgan fingerprint density at radius 2 is 1.92 bits per heavy atom. The summed E-state index contributed by atoms with van der Waals surface area (Å²) < 4.78 is 54.9. The van der Waals surface area contributed by atoms with Crippen LogP contribution in [0.15, 0.2) is 53.0 Å². The van der Waals surface area contributed by atoms with E-state index in [0.717, 1.165) is 30.4 Å². The lowest BCUT2D eigenvalue weighted by molar-refractivity contribution is -0.134. The molecular formula is C20H25ClN6O6S4. The number of carbonyl (C=O) groups excluding carboxylic acids is 1. The number of benzene rings is 1. The number of hydroxylamine groups is 1. The minimum absolute atomic E-state index is 0. The van der Waals surface area contributed by atoms with E-state index < -0.39 is 43.8 Å². The maximum atomic E-state index is 13.4. The number of halogens is 1. The SMILES string of the molecule is Cl.O=C(NO)[C@H]1CN(S(=O)(=O)CCC(S)c2nc[nH]n2)CCN1S(=O)(=O)c1ccc(-c2ccccc2)s1. The summed E-state index contributed by atoms with van der Waals surface area (Å²) in [6, 6.07) is 10.9. The second-order valence-corrected chi connectivity index (χ2v) is 13.8. The third-order valence-electron chi connectivity index (χ3n) is 5.68. The first-order valence-corrected chi connectivity index (χ1v) is 15.1. The fourth-order valence-corrected chi connectivity index (χ4v) is 8.76. The highest BCUT2D eigenvalue weighted by Crippen LogP contribution is 2.34. The molecule has 3 heterocycles. The topological polar surface area (TPSA) is 166 Å². The smallest absolute Gasteiger partial charge is 0.263 e. The average Bonchev–Trinajstić information content (AvgIpc) is 3.60. The molecule has 1 unspecified atom stereocenters. The van der Waals surface area contributed by atoms with Gasteiger partial charge in [-0.05, 0) is 24.1 Å². The van der Waals surface area contributed by atoms with E-state index in [9.17, 15) is 26.8 Å². The molecule has 3 aromatic rings. The Morgan fingerprint density at radius 3 is 2.57 bits per heavy atom. The summed E-state index contributed by atoms with van der Waals surface area (Å²) >= 11 is 5.38. The van der Waals surface area contributed by atoms with Crippen LogP contribution in [0.4, 0.5) is 0 Å². The number of H-pyrrole nitrogens is 1. The van der Waals surface area contributed by atoms with Crippen molar-refractivity contribution in [2.24, 2.45) is 0 Å². The molecule has 0 radical (unpaired) electrons. The van der Waals surface area contributed by atoms with Crippen molar-refractivity contribution in [3.8, 4) is 10.4 Å². The van der Waals surface area contributed by atoms with Gasteiger partial charge in [-0.3, -0.25) is 15.1 Å². The van der Waals surface area contributed by atoms with Gasteiger partial charge in [0.1, 0.15) is 16.6 Å². The number of aromatic nitrogens is 3. The number of nitrogens with one attached hydrogen (secondary N) is 2. The van der Waals surface area contributed by atoms with Crippen molar-refractivity contribution in [1.82, 2.24) is 29.3 Å². The van der Waals surface area contributed by atoms with Crippen LogP contribution in [0.2, 0.25) is 0 Å². The van der Waals surface area contributed by atoms with Crippen molar-refractivity contribution in [2.45, 2.75) is 21.9 Å². The van der Waals surface area contributed by atoms with Crippen LogP contribution >= 0.6 is 36.4 Å². The lowest BCUT2D eigenvalue weighted by Crippen LogP contribution is -2.61. The number of rotatable bonds is 9. The van der Waals surface area contributed by atoms with E-state index in [4.69, 9.17) is 0 Å². The minimum Gasteiger partial charge on any atom is -0.289 e. The number of sulfonamides is 2. The Bertz CT molecular complexity index is 1400. The van der Waals surface area contributed by atoms with Crippen molar-refractivity contribution in [2.75, 3.05) is 25.4 Å². The monoisotopic (exact) mass is 608 g/mol. The summed E-state index contributed by atoms with van der Waals surface area (Å²) in [5.41, 5.74) is 2.31. The molecule has 12 nitrogen and oxygen atoms in total. The Balaban J connectivity index is 0.00000380. The van der Waals surface area contributed by atoms with E-state index in [2.05, 4.69) is 27.8 Å². The standard InChI is InChI=1S/C20H24N6O6S4.ClH/c27-20(24-28)15-12-25(35(29,30)11-8-16(33)19-21-13-22-23-19)9-10-26(15)36(31,32)18-7-6-17(34-18)14-4-2-1-3-5-14;/h1-7,13,15-16,28,33H,8-12H2,(H,24,27)(H,21,22,23);1H/t15-,16?;/m1./s1. The highest BCUT2D eigenvalue weighted by molar-refractivity contribution is 7.91. The summed E-state index contributed by atoms with van der Waals surface area (Å²) in [5, 5.41) is 15.2. The molecule has 1 aromatic carbocycles. The third kappa shape index (κ3) is 6.51. The number of piperazine rings is 1. The molecule has 1 aliphatic rings. The van der Waals surface area contributed by atoms with Crippen molar-refractivity contribution in [3.63, 3.8) is 0 Å². The molecule has 37 heavy (non-hydrogen) atoms. The number of amides is 1. The van der Waals surface area contributed by atoms with Gasteiger partial charge in [0.2, 0.25) is 10.0 Å². The number of hydrogen-bond donors (Lipinski definition) is 4. The molecule has 1 aliphatic heterocycles. The summed E-state index contributed by atoms with van der Waals surface area (Å²) in [5.74, 6) is -0.972. The number of nitrogens with zero attached hydrogens (tertiary/aromatic N) is 4. The van der Waals surface area contributed by atoms with Gasteiger partial charge in [-0.25, -0.2) is 27.3 Å². The fraction of sp³-hybridized carbons (Fsp3) is 0.350. The Hall–Kier alpha value is -2.05. The van der Waals surface area contributed by atoms with Gasteiger partial charge in [0, 0.05) is 24.5 Å². The van der Waals surface area contributed by atoms with Gasteiger partial charge in [0.15, 0.2) is 5.82 Å². The number of thiol groups is 1. The fourth-order valence-electron chi connectivity index (χ4n) is 3.80. The van der Waals surface area contributed by atoms with E-state index in [1.165, 1.54) is 17.9 Å². The molecule has 4 rings (SSSR count). The van der Waals surface area contributed by atoms with E-state index in [0.29, 0.717) is 5.82 Å². The number of hydrogen-bond acceptors (Lipinski definition) is 10. The molecule has 17 heteroatoms. The Labute approximate surface area is 230 Å². The molecule has 0 aliphatic carbocycles. The largest absolute Gasteiger partial charge is 0.289 e. The second-order valence-electron chi connectivity index (χ2n) is 7.93. The molecule has 2 aromatic heterocycles. The van der Waals surface area contributed by atoms with Crippen molar-refractivity contribution in [1.29, 1.82) is 0 Å². The summed E-state index contributed by atoms with van der Waals surface area (Å²) in [4.78, 5) is 17.1. The third-order valence-corrected chi connectivity index (χ3v) is 11.6. The summed E-state index contributed by atoms with van der Waals surface area (Å²) in [6.07, 6.45) is 1.47. The van der Waals surface area contributed by atoms with Crippen LogP contribution in [0.5, 0.6) is 0 Å². The van der Waals surface area contributed by atoms with Crippen LogP contribution in [0.1, 0.15) is 17.5 Å². The van der Waals surface area contributed by atoms with E-state index in [1.54, 1.807) is 6.07 Å². The zero-order chi connectivity index (χ0) is 25.9. The van der Waals surface area contributed by atoms with E-state index in [1.807, 2.05) is 30.3 Å². The van der Waals surface area contributed by atoms with Gasteiger partial charge >= 0.3 is 0 Å². The van der Waals surface area contributed by atoms with Crippen molar-refractivity contribution < 1.29 is 26.8 Å². The van der Waals surface area contributed by atoms with Crippen LogP contribution in [-0.2, 0) is 24.8 Å². The first-order chi connectivity index (χ1) is 17.1. The number of carbonyl (C=O) groups is 1. The normalized spacial score (nSPS) is 18.2. The van der Waals surface area contributed by atoms with E-state index >= 15 is 0 Å². The van der Waals surface area contributed by atoms with Crippen molar-refractivity contribution >= 4 is 62.3 Å². The quantitative estimate of drug-likeness (QED) is 0.161. The lowest BCUT2D eigenvalue weighted by atomic mass is 10.2. The van der Waals surface area contributed by atoms with Crippen LogP contribution in [0.25, 0.3) is 10.4 Å². The molecule has 0 saturated carbocycles. The first kappa shape index (κ1) is 29.5. The first-order valence-electron chi connectivity index (χ1n) is 10.8. The number of aromatic amines is 1. The predicted molar refractivity (Wildman–Crippen MR) is 143 cm³/mol. The van der Waals surface area contributed by atoms with Crippen molar-refractivity contribution in [3.05, 3.63) is 54.6 Å². The molecule has 0 spiro atoms. The maximum Gasteiger partial charge on any atom is 0.263 e. The molecule has 1 saturated heterocycles. The Morgan fingerprint density at radius 1 is 1.19 bits per heavy atom. The van der Waals surface area contributed by atoms with Crippen LogP contribution in [0.3, 0.4) is 0 Å². The van der Waals surface area contributed by atoms with Gasteiger partial charge in [-0.1, -0.05) is 30.3 Å². The Kier molecular flexibility index (Phi) is 9.73. The maximum absolute atomic E-state index is 13.4. The zero-order valence-corrected chi connectivity index (χ0v) is 23.3. The predicted octanol–water partition coefficient (Wildman–Crippen LogP) is 1.53. The summed E-state index contributed by atoms with van der Waals surface area (Å²) in [6.45, 7) is -0.849. The van der Waals surface area contributed by atoms with Gasteiger partial charge in [-0.2, -0.15) is 26.3 Å². The second kappa shape index (κ2) is 12.2. The van der Waals surface area contributed by atoms with Gasteiger partial charge < -0.3 is 0 Å². The average molecular weight is 609 g/mol. The minimum atomic E-state index is -4.15. The molecule has 2 atom stereocenters. The highest BCUT2D eigenvalue weighted by Gasteiger charge is 2.43. The van der Waals surface area contributed by atoms with Crippen LogP contribution in [-0.4, -0.2) is 83.2 Å². The summed E-state index contributed by atoms with van der Waals surface area (Å²) in [7, 11) is -8.02. The highest BCUT2D eigenvalue weighted by atomic mass is 35.5. The molecule has 1 amide bonds. The molecular weight excluding hydrogens is 584 g/mol. The molecule has 0 bridgehead atoms. The molecule has 202 valence electrons. The van der Waals surface area contributed by atoms with E-state index in [-0.39, 0.29) is 41.9 Å². The number of thiophene rings is 1. The van der Waals surface area contributed by atoms with Crippen LogP contribution < -0.4 is 5.48 Å². The zero-order valence-electron chi connectivity index (χ0n) is 19.2. The van der Waals surface area contributed by atoms with Gasteiger partial charge in [0.05, 0.1) is 11.0 Å². The van der Waals surface area contributed by atoms with Crippen LogP contribution in [0, 0.1) is 0 Å². The molecule has 3 N–H and O–H groups in total. The van der Waals surface area contributed by atoms with Gasteiger partial charge in [-0.15, -0.1) is 23.7 Å². The molecule has 1 fully saturated rings.